The molecule has 1 aliphatic rings. The molecule has 239 valence electrons. The zero-order valence-electron chi connectivity index (χ0n) is 28.9. The zero-order chi connectivity index (χ0) is 32.9. The van der Waals surface area contributed by atoms with Crippen LogP contribution < -0.4 is 4.40 Å². The largest absolute Gasteiger partial charge is 0.305 e. The van der Waals surface area contributed by atoms with Crippen molar-refractivity contribution in [1.29, 1.82) is 0 Å². The molecule has 3 aromatic heterocycles. The maximum atomic E-state index is 8.87. The average Bonchev–Trinajstić information content (AvgIpc) is 3.86. The minimum absolute atomic E-state index is 0. The summed E-state index contributed by atoms with van der Waals surface area (Å²) in [6.07, 6.45) is 6.24. The van der Waals surface area contributed by atoms with Crippen LogP contribution in [0, 0.1) is 31.9 Å². The van der Waals surface area contributed by atoms with Crippen LogP contribution in [-0.4, -0.2) is 23.2 Å². The van der Waals surface area contributed by atoms with Crippen molar-refractivity contribution in [3.8, 4) is 22.5 Å². The molecule has 3 heterocycles. The van der Waals surface area contributed by atoms with Gasteiger partial charge in [0.15, 0.2) is 0 Å². The maximum Gasteiger partial charge on any atom is 0.0352 e. The van der Waals surface area contributed by atoms with Gasteiger partial charge in [0.25, 0.3) is 0 Å². The van der Waals surface area contributed by atoms with Gasteiger partial charge < -0.3 is 4.98 Å². The molecule has 8 rings (SSSR count). The Morgan fingerprint density at radius 1 is 0.830 bits per heavy atom. The Bertz CT molecular complexity index is 2250. The second-order valence-corrected chi connectivity index (χ2v) is 25.3. The number of pyridine rings is 2. The average molecular weight is 871 g/mol. The molecule has 1 aliphatic carbocycles. The number of aromatic nitrogens is 2. The maximum absolute atomic E-state index is 8.87. The van der Waals surface area contributed by atoms with Gasteiger partial charge >= 0.3 is 106 Å². The predicted molar refractivity (Wildman–Crippen MR) is 201 cm³/mol. The molecule has 0 aliphatic heterocycles. The van der Waals surface area contributed by atoms with E-state index >= 15 is 0 Å². The Labute approximate surface area is 300 Å². The quantitative estimate of drug-likeness (QED) is 0.127. The van der Waals surface area contributed by atoms with Crippen molar-refractivity contribution in [2.75, 3.05) is 0 Å². The van der Waals surface area contributed by atoms with E-state index in [1.165, 1.54) is 46.5 Å². The van der Waals surface area contributed by atoms with E-state index in [2.05, 4.69) is 109 Å². The molecule has 1 saturated carbocycles. The van der Waals surface area contributed by atoms with Crippen LogP contribution in [0.1, 0.15) is 43.7 Å². The third-order valence-corrected chi connectivity index (χ3v) is 14.9. The van der Waals surface area contributed by atoms with E-state index in [9.17, 15) is 0 Å². The van der Waals surface area contributed by atoms with Gasteiger partial charge in [-0.25, -0.2) is 0 Å². The molecule has 1 fully saturated rings. The molecule has 4 aromatic carbocycles. The summed E-state index contributed by atoms with van der Waals surface area (Å²) in [5.41, 5.74) is 7.78. The smallest absolute Gasteiger partial charge is 0.0352 e. The Hall–Kier alpha value is -3.15. The molecular weight excluding hydrogens is 829 g/mol. The van der Waals surface area contributed by atoms with Gasteiger partial charge in [-0.2, -0.15) is 11.3 Å². The molecular formula is C42H40GeIrN2S-2. The Balaban J connectivity index is 0.000000191. The molecule has 0 bridgehead atoms. The molecule has 2 nitrogen and oxygen atoms in total. The van der Waals surface area contributed by atoms with Crippen molar-refractivity contribution >= 4 is 59.9 Å². The number of nitrogens with zero attached hydrogens (tertiary/aromatic N) is 2. The summed E-state index contributed by atoms with van der Waals surface area (Å²) in [5, 5.41) is 5.14. The van der Waals surface area contributed by atoms with Crippen LogP contribution in [0.5, 0.6) is 0 Å². The van der Waals surface area contributed by atoms with Crippen LogP contribution in [0.15, 0.2) is 97.3 Å². The summed E-state index contributed by atoms with van der Waals surface area (Å²) < 4.78 is 12.9. The number of aryl methyl sites for hydroxylation is 2. The van der Waals surface area contributed by atoms with Crippen LogP contribution in [0.3, 0.4) is 0 Å². The fourth-order valence-corrected chi connectivity index (χ4v) is 11.3. The van der Waals surface area contributed by atoms with Gasteiger partial charge in [0.1, 0.15) is 0 Å². The Morgan fingerprint density at radius 3 is 2.34 bits per heavy atom. The summed E-state index contributed by atoms with van der Waals surface area (Å²) in [6.45, 7) is 6.39. The van der Waals surface area contributed by atoms with E-state index in [1.807, 2.05) is 54.8 Å². The number of thiophene rings is 1. The SMILES string of the molecule is Cc1cc(-c2[c-]cccc2)nc[c]1[Ge]([CH3])([CH3])[CH3].[2H]C(C)(c1ccnc(-c2[c-]ccc3c2sc2c4cc(C)ccc4ccc32)c1)C1CC1.[Ir]. The fraction of sp³-hybridized carbons (Fsp3) is 0.238. The molecule has 47 heavy (non-hydrogen) atoms. The molecule has 7 aromatic rings. The van der Waals surface area contributed by atoms with E-state index in [-0.39, 0.29) is 20.1 Å². The van der Waals surface area contributed by atoms with Crippen molar-refractivity contribution in [3.63, 3.8) is 0 Å². The first-order valence-electron chi connectivity index (χ1n) is 16.7. The second-order valence-electron chi connectivity index (χ2n) is 13.7. The minimum atomic E-state index is -1.77. The minimum Gasteiger partial charge on any atom is -0.305 e. The summed E-state index contributed by atoms with van der Waals surface area (Å²) >= 11 is 0.0626. The number of hydrogen-bond donors (Lipinski definition) is 0. The number of rotatable bonds is 5. The van der Waals surface area contributed by atoms with Gasteiger partial charge in [0.2, 0.25) is 0 Å². The molecule has 0 N–H and O–H groups in total. The summed E-state index contributed by atoms with van der Waals surface area (Å²) in [7, 11) is 0. The molecule has 0 spiro atoms. The fourth-order valence-electron chi connectivity index (χ4n) is 6.43. The monoisotopic (exact) mass is 872 g/mol. The molecule has 5 heteroatoms. The molecule has 1 unspecified atom stereocenters. The molecule has 0 saturated heterocycles. The van der Waals surface area contributed by atoms with E-state index in [4.69, 9.17) is 6.35 Å². The van der Waals surface area contributed by atoms with Gasteiger partial charge in [0.05, 0.1) is 0 Å². The van der Waals surface area contributed by atoms with Crippen LogP contribution >= 0.6 is 11.3 Å². The summed E-state index contributed by atoms with van der Waals surface area (Å²) in [4.78, 5) is 9.28. The van der Waals surface area contributed by atoms with Gasteiger partial charge in [-0.05, 0) is 64.2 Å². The van der Waals surface area contributed by atoms with Crippen LogP contribution in [-0.2, 0) is 20.1 Å². The van der Waals surface area contributed by atoms with Crippen LogP contribution in [0.2, 0.25) is 17.3 Å². The van der Waals surface area contributed by atoms with Crippen molar-refractivity contribution in [1.82, 2.24) is 9.97 Å². The van der Waals surface area contributed by atoms with Gasteiger partial charge in [0, 0.05) is 32.4 Å². The Morgan fingerprint density at radius 2 is 1.62 bits per heavy atom. The van der Waals surface area contributed by atoms with Gasteiger partial charge in [-0.3, -0.25) is 0 Å². The standard InChI is InChI=1S/C27H22NS.C15H18GeN.Ir/c1-16-6-7-19-10-11-22-21-4-3-5-23(26(21)29-27(22)24(19)14-16)25-15-20(12-13-28-25)17(2)18-8-9-18;1-12-10-15(13-8-6-5-7-9-13)17-11-14(12)16(2,3)4;/h3-4,6-7,10-15,17-18H,8-9H2,1-2H3;5-8,10-11H,1-4H3;/q2*-1;/i17D;;. The first-order valence-corrected chi connectivity index (χ1v) is 24.3. The third-order valence-electron chi connectivity index (χ3n) is 9.14. The number of benzene rings is 4. The van der Waals surface area contributed by atoms with E-state index in [1.54, 1.807) is 0 Å². The number of hydrogen-bond acceptors (Lipinski definition) is 3. The van der Waals surface area contributed by atoms with Crippen LogP contribution in [0.4, 0.5) is 0 Å². The number of fused-ring (bicyclic) bond motifs is 5. The first kappa shape index (κ1) is 32.4. The van der Waals surface area contributed by atoms with Crippen molar-refractivity contribution < 1.29 is 21.5 Å². The molecule has 1 radical (unpaired) electrons. The third kappa shape index (κ3) is 7.03. The van der Waals surface area contributed by atoms with E-state index in [0.717, 1.165) is 40.9 Å². The topological polar surface area (TPSA) is 25.8 Å². The van der Waals surface area contributed by atoms with E-state index < -0.39 is 19.2 Å². The van der Waals surface area contributed by atoms with Gasteiger partial charge in [-0.15, -0.1) is 23.8 Å². The summed E-state index contributed by atoms with van der Waals surface area (Å²) in [6, 6.07) is 36.3. The van der Waals surface area contributed by atoms with Crippen molar-refractivity contribution in [2.24, 2.45) is 5.92 Å². The zero-order valence-corrected chi connectivity index (χ0v) is 33.2. The van der Waals surface area contributed by atoms with E-state index in [0.29, 0.717) is 5.92 Å². The van der Waals surface area contributed by atoms with Crippen molar-refractivity contribution in [3.05, 3.63) is 126 Å². The second kappa shape index (κ2) is 13.8. The Kier molecular flexibility index (Phi) is 9.49. The van der Waals surface area contributed by atoms with Gasteiger partial charge in [-0.1, -0.05) is 59.8 Å². The van der Waals surface area contributed by atoms with Crippen molar-refractivity contribution in [2.45, 2.75) is 56.8 Å². The summed E-state index contributed by atoms with van der Waals surface area (Å²) in [5.74, 6) is 7.13. The molecule has 0 amide bonds. The predicted octanol–water partition coefficient (Wildman–Crippen LogP) is 11.3. The van der Waals surface area contributed by atoms with Crippen LogP contribution in [0.25, 0.3) is 53.5 Å². The first-order chi connectivity index (χ1) is 22.5. The normalized spacial score (nSPS) is 14.6. The molecule has 1 atom stereocenters.